The summed E-state index contributed by atoms with van der Waals surface area (Å²) in [4.78, 5) is 13.3. The molecule has 3 aliphatic rings. The second kappa shape index (κ2) is 55.4. The molecule has 1 amide bonds. The number of allylic oxidation sites excluding steroid dienone is 9. The van der Waals surface area contributed by atoms with E-state index in [1.807, 2.05) is 6.08 Å². The Morgan fingerprint density at radius 3 is 1.18 bits per heavy atom. The van der Waals surface area contributed by atoms with E-state index in [1.165, 1.54) is 186 Å². The number of hydrogen-bond acceptors (Lipinski definition) is 18. The van der Waals surface area contributed by atoms with Crippen molar-refractivity contribution in [3.8, 4) is 0 Å². The molecule has 3 saturated heterocycles. The molecule has 0 aromatic carbocycles. The molecule has 19 heteroatoms. The van der Waals surface area contributed by atoms with Gasteiger partial charge in [-0.05, 0) is 64.2 Å². The Bertz CT molecular complexity index is 1920. The summed E-state index contributed by atoms with van der Waals surface area (Å²) in [6, 6.07) is -0.986. The highest BCUT2D eigenvalue weighted by molar-refractivity contribution is 5.76. The van der Waals surface area contributed by atoms with E-state index in [-0.39, 0.29) is 18.9 Å². The van der Waals surface area contributed by atoms with Crippen molar-refractivity contribution in [1.82, 2.24) is 5.32 Å². The third-order valence-corrected chi connectivity index (χ3v) is 18.3. The van der Waals surface area contributed by atoms with Crippen LogP contribution in [0.1, 0.15) is 271 Å². The Morgan fingerprint density at radius 1 is 0.387 bits per heavy atom. The highest BCUT2D eigenvalue weighted by Gasteiger charge is 2.53. The number of carbonyl (C=O) groups excluding carboxylic acids is 1. The third kappa shape index (κ3) is 36.8. The number of nitrogens with one attached hydrogen (secondary N) is 1. The molecule has 542 valence electrons. The molecule has 17 atom stereocenters. The zero-order chi connectivity index (χ0) is 67.5. The highest BCUT2D eigenvalue weighted by atomic mass is 16.8. The molecule has 0 aromatic heterocycles. The van der Waals surface area contributed by atoms with Gasteiger partial charge in [0.2, 0.25) is 5.91 Å². The smallest absolute Gasteiger partial charge is 0.220 e. The Labute approximate surface area is 560 Å². The van der Waals surface area contributed by atoms with Crippen molar-refractivity contribution in [2.75, 3.05) is 26.4 Å². The number of hydrogen-bond donors (Lipinski definition) is 12. The van der Waals surface area contributed by atoms with Crippen molar-refractivity contribution < 1.29 is 89.4 Å². The predicted molar refractivity (Wildman–Crippen MR) is 365 cm³/mol. The lowest BCUT2D eigenvalue weighted by atomic mass is 9.96. The molecule has 3 aliphatic heterocycles. The average Bonchev–Trinajstić information content (AvgIpc) is 0.849. The minimum Gasteiger partial charge on any atom is -0.394 e. The number of aliphatic hydroxyl groups is 11. The SMILES string of the molecule is CCC/C=C/CC/C=C/C(O)C(COC1OC(CO)C(OC2OC(CO)C(OC3OC(CO)C(O)C(O)C3O)C(O)C2O)C(O)C1O)NC(=O)CCCCCCCCCCCCCCCCCCCCCCCCCCCC/C=C\C/C=C\C/C=C\CCCCCCC. The second-order valence-electron chi connectivity index (χ2n) is 26.4. The Kier molecular flexibility index (Phi) is 50.4. The van der Waals surface area contributed by atoms with E-state index in [0.29, 0.717) is 12.8 Å². The first-order valence-corrected chi connectivity index (χ1v) is 37.0. The van der Waals surface area contributed by atoms with Crippen LogP contribution in [0.15, 0.2) is 60.8 Å². The number of carbonyl (C=O) groups is 1. The number of unbranched alkanes of at least 4 members (excludes halogenated alkanes) is 33. The Morgan fingerprint density at radius 2 is 0.742 bits per heavy atom. The van der Waals surface area contributed by atoms with Crippen LogP contribution in [-0.2, 0) is 33.2 Å². The van der Waals surface area contributed by atoms with Gasteiger partial charge in [0.25, 0.3) is 0 Å². The van der Waals surface area contributed by atoms with Gasteiger partial charge in [-0.2, -0.15) is 0 Å². The number of amides is 1. The lowest BCUT2D eigenvalue weighted by Crippen LogP contribution is -2.66. The molecule has 12 N–H and O–H groups in total. The fourth-order valence-electron chi connectivity index (χ4n) is 12.3. The zero-order valence-corrected chi connectivity index (χ0v) is 57.5. The first-order valence-electron chi connectivity index (χ1n) is 37.0. The fourth-order valence-corrected chi connectivity index (χ4v) is 12.3. The first-order chi connectivity index (χ1) is 45.3. The molecule has 3 heterocycles. The van der Waals surface area contributed by atoms with Gasteiger partial charge in [0.1, 0.15) is 73.2 Å². The second-order valence-corrected chi connectivity index (χ2v) is 26.4. The maximum Gasteiger partial charge on any atom is 0.220 e. The van der Waals surface area contributed by atoms with Crippen LogP contribution in [0.4, 0.5) is 0 Å². The van der Waals surface area contributed by atoms with Gasteiger partial charge >= 0.3 is 0 Å². The minimum atomic E-state index is -1.98. The quantitative estimate of drug-likeness (QED) is 0.0199. The molecule has 0 aromatic rings. The summed E-state index contributed by atoms with van der Waals surface area (Å²) >= 11 is 0. The van der Waals surface area contributed by atoms with E-state index < -0.39 is 124 Å². The summed E-state index contributed by atoms with van der Waals surface area (Å²) in [5.74, 6) is -0.288. The van der Waals surface area contributed by atoms with Gasteiger partial charge in [-0.1, -0.05) is 261 Å². The molecule has 0 radical (unpaired) electrons. The highest BCUT2D eigenvalue weighted by Crippen LogP contribution is 2.33. The lowest BCUT2D eigenvalue weighted by Gasteiger charge is -2.48. The van der Waals surface area contributed by atoms with Crippen molar-refractivity contribution in [2.45, 2.75) is 375 Å². The van der Waals surface area contributed by atoms with Crippen LogP contribution in [0.5, 0.6) is 0 Å². The van der Waals surface area contributed by atoms with E-state index in [9.17, 15) is 61.0 Å². The number of ether oxygens (including phenoxy) is 6. The van der Waals surface area contributed by atoms with Crippen LogP contribution in [-0.4, -0.2) is 193 Å². The van der Waals surface area contributed by atoms with Gasteiger partial charge < -0.3 is 89.9 Å². The van der Waals surface area contributed by atoms with Gasteiger partial charge in [-0.3, -0.25) is 4.79 Å². The average molecular weight is 1320 g/mol. The zero-order valence-electron chi connectivity index (χ0n) is 57.5. The number of rotatable bonds is 57. The summed E-state index contributed by atoms with van der Waals surface area (Å²) in [5.41, 5.74) is 0. The van der Waals surface area contributed by atoms with Crippen molar-refractivity contribution in [2.24, 2.45) is 0 Å². The van der Waals surface area contributed by atoms with Gasteiger partial charge in [0, 0.05) is 6.42 Å². The van der Waals surface area contributed by atoms with Gasteiger partial charge in [0.15, 0.2) is 18.9 Å². The predicted octanol–water partition coefficient (Wildman–Crippen LogP) is 10.7. The van der Waals surface area contributed by atoms with E-state index >= 15 is 0 Å². The van der Waals surface area contributed by atoms with Gasteiger partial charge in [-0.25, -0.2) is 0 Å². The normalized spacial score (nSPS) is 27.9. The molecule has 0 saturated carbocycles. The molecule has 3 fully saturated rings. The van der Waals surface area contributed by atoms with Crippen molar-refractivity contribution in [3.63, 3.8) is 0 Å². The molecule has 0 aliphatic carbocycles. The topological polar surface area (TPSA) is 307 Å². The molecule has 0 spiro atoms. The van der Waals surface area contributed by atoms with E-state index in [2.05, 4.69) is 67.8 Å². The Balaban J connectivity index is 1.22. The maximum atomic E-state index is 13.3. The largest absolute Gasteiger partial charge is 0.394 e. The van der Waals surface area contributed by atoms with Crippen LogP contribution in [0.2, 0.25) is 0 Å². The summed E-state index contributed by atoms with van der Waals surface area (Å²) in [6.07, 6.45) is 43.1. The molecule has 3 rings (SSSR count). The van der Waals surface area contributed by atoms with E-state index in [0.717, 1.165) is 51.4 Å². The lowest BCUT2D eigenvalue weighted by molar-refractivity contribution is -0.379. The van der Waals surface area contributed by atoms with E-state index in [4.69, 9.17) is 28.4 Å². The van der Waals surface area contributed by atoms with Crippen molar-refractivity contribution in [1.29, 1.82) is 0 Å². The van der Waals surface area contributed by atoms with Crippen LogP contribution >= 0.6 is 0 Å². The third-order valence-electron chi connectivity index (χ3n) is 18.3. The van der Waals surface area contributed by atoms with Gasteiger partial charge in [-0.15, -0.1) is 0 Å². The molecular formula is C74H133NO18. The van der Waals surface area contributed by atoms with Crippen LogP contribution < -0.4 is 5.32 Å². The standard InChI is InChI=1S/C74H133NO18/c1-3-5-7-9-11-12-13-14-15-16-17-18-19-20-21-22-23-24-25-26-27-28-29-30-31-32-33-34-35-36-37-38-39-40-41-42-43-44-46-48-50-52-62(80)75-57(58(79)51-49-47-45-10-8-6-4-2)56-88-72-68(86)65(83)70(60(54-77)90-72)93-74-69(87)66(84)71(61(55-78)91-74)92-73-67(85)64(82)63(81)59(53-76)89-73/h8,10,13-14,16-17,19-20,49,51,57-61,63-74,76-79,81-87H,3-7,9,11-12,15,18,21-48,50,52-56H2,1-2H3,(H,75,80)/b10-8+,14-13-,17-16-,20-19-,51-49+. The molecular weight excluding hydrogens is 1190 g/mol. The number of aliphatic hydroxyl groups excluding tert-OH is 11. The molecule has 17 unspecified atom stereocenters. The summed E-state index contributed by atoms with van der Waals surface area (Å²) < 4.78 is 34.2. The van der Waals surface area contributed by atoms with E-state index in [1.54, 1.807) is 6.08 Å². The van der Waals surface area contributed by atoms with Crippen LogP contribution in [0.3, 0.4) is 0 Å². The maximum absolute atomic E-state index is 13.3. The summed E-state index contributed by atoms with van der Waals surface area (Å²) in [5, 5.41) is 120. The summed E-state index contributed by atoms with van der Waals surface area (Å²) in [7, 11) is 0. The fraction of sp³-hybridized carbons (Fsp3) is 0.851. The van der Waals surface area contributed by atoms with Gasteiger partial charge in [0.05, 0.1) is 38.6 Å². The Hall–Kier alpha value is -2.51. The van der Waals surface area contributed by atoms with Crippen molar-refractivity contribution >= 4 is 5.91 Å². The molecule has 0 bridgehead atoms. The molecule has 19 nitrogen and oxygen atoms in total. The molecule has 93 heavy (non-hydrogen) atoms. The van der Waals surface area contributed by atoms with Crippen molar-refractivity contribution in [3.05, 3.63) is 60.8 Å². The monoisotopic (exact) mass is 1320 g/mol. The van der Waals surface area contributed by atoms with Crippen LogP contribution in [0, 0.1) is 0 Å². The summed E-state index contributed by atoms with van der Waals surface area (Å²) in [6.45, 7) is 1.58. The first kappa shape index (κ1) is 84.7. The van der Waals surface area contributed by atoms with Crippen LogP contribution in [0.25, 0.3) is 0 Å². The minimum absolute atomic E-state index is 0.236.